The molecule has 1 aliphatic carbocycles. The molecule has 1 saturated carbocycles. The van der Waals surface area contributed by atoms with Gasteiger partial charge in [0.05, 0.1) is 12.1 Å². The van der Waals surface area contributed by atoms with E-state index in [2.05, 4.69) is 25.9 Å². The number of tetrazole rings is 1. The van der Waals surface area contributed by atoms with E-state index in [0.717, 1.165) is 13.0 Å². The first-order valence-electron chi connectivity index (χ1n) is 5.50. The molecule has 2 fully saturated rings. The van der Waals surface area contributed by atoms with Crippen LogP contribution in [0.15, 0.2) is 0 Å². The third-order valence-electron chi connectivity index (χ3n) is 3.09. The summed E-state index contributed by atoms with van der Waals surface area (Å²) in [5.41, 5.74) is 0. The second kappa shape index (κ2) is 3.82. The molecule has 1 aliphatic heterocycles. The number of aromatic nitrogens is 4. The molecule has 7 heteroatoms. The highest BCUT2D eigenvalue weighted by molar-refractivity contribution is 5.90. The first-order valence-corrected chi connectivity index (χ1v) is 5.50. The Morgan fingerprint density at radius 2 is 2.31 bits per heavy atom. The van der Waals surface area contributed by atoms with E-state index in [0.29, 0.717) is 5.92 Å². The topological polar surface area (TPSA) is 92.8 Å². The minimum atomic E-state index is -0.282. The van der Waals surface area contributed by atoms with Crippen LogP contribution >= 0.6 is 0 Å². The summed E-state index contributed by atoms with van der Waals surface area (Å²) >= 11 is 0. The lowest BCUT2D eigenvalue weighted by molar-refractivity contribution is 0.0725. The fourth-order valence-corrected chi connectivity index (χ4v) is 2.15. The standard InChI is InChI=1S/C9H13N5O2/c15-9(8-11-13-14-12-8)10-6-3-4-16-7(6)5-1-2-5/h5-7H,1-4H2,(H,10,15)(H,11,12,13,14). The Hall–Kier alpha value is -1.50. The molecule has 3 rings (SSSR count). The highest BCUT2D eigenvalue weighted by atomic mass is 16.5. The lowest BCUT2D eigenvalue weighted by Gasteiger charge is -2.18. The van der Waals surface area contributed by atoms with Crippen molar-refractivity contribution in [1.29, 1.82) is 0 Å². The highest BCUT2D eigenvalue weighted by Gasteiger charge is 2.41. The Balaban J connectivity index is 1.63. The van der Waals surface area contributed by atoms with Gasteiger partial charge < -0.3 is 10.1 Å². The molecule has 1 aromatic rings. The van der Waals surface area contributed by atoms with Crippen molar-refractivity contribution in [2.45, 2.75) is 31.4 Å². The molecule has 1 aromatic heterocycles. The number of hydrogen-bond donors (Lipinski definition) is 2. The minimum Gasteiger partial charge on any atom is -0.376 e. The molecular weight excluding hydrogens is 210 g/mol. The number of hydrogen-bond acceptors (Lipinski definition) is 5. The number of nitrogens with zero attached hydrogens (tertiary/aromatic N) is 3. The van der Waals surface area contributed by atoms with Crippen molar-refractivity contribution in [1.82, 2.24) is 25.9 Å². The molecule has 86 valence electrons. The molecule has 0 radical (unpaired) electrons. The smallest absolute Gasteiger partial charge is 0.293 e. The molecule has 1 saturated heterocycles. The summed E-state index contributed by atoms with van der Waals surface area (Å²) in [5, 5.41) is 15.8. The summed E-state index contributed by atoms with van der Waals surface area (Å²) in [5.74, 6) is 0.425. The lowest BCUT2D eigenvalue weighted by Crippen LogP contribution is -2.41. The second-order valence-electron chi connectivity index (χ2n) is 4.28. The van der Waals surface area contributed by atoms with Gasteiger partial charge in [0.2, 0.25) is 0 Å². The van der Waals surface area contributed by atoms with Crippen molar-refractivity contribution in [3.63, 3.8) is 0 Å². The maximum atomic E-state index is 11.7. The quantitative estimate of drug-likeness (QED) is 0.720. The van der Waals surface area contributed by atoms with Crippen LogP contribution in [0.5, 0.6) is 0 Å². The van der Waals surface area contributed by atoms with E-state index in [-0.39, 0.29) is 23.9 Å². The van der Waals surface area contributed by atoms with Crippen LogP contribution < -0.4 is 5.32 Å². The van der Waals surface area contributed by atoms with E-state index in [1.54, 1.807) is 0 Å². The predicted octanol–water partition coefficient (Wildman–Crippen LogP) is -0.503. The van der Waals surface area contributed by atoms with Crippen molar-refractivity contribution in [3.8, 4) is 0 Å². The van der Waals surface area contributed by atoms with Gasteiger partial charge >= 0.3 is 0 Å². The van der Waals surface area contributed by atoms with Crippen molar-refractivity contribution in [3.05, 3.63) is 5.82 Å². The molecule has 2 N–H and O–H groups in total. The molecular formula is C9H13N5O2. The number of amides is 1. The summed E-state index contributed by atoms with van der Waals surface area (Å²) in [6.45, 7) is 0.721. The molecule has 16 heavy (non-hydrogen) atoms. The van der Waals surface area contributed by atoms with E-state index >= 15 is 0 Å². The Bertz CT molecular complexity index is 375. The van der Waals surface area contributed by atoms with Crippen molar-refractivity contribution < 1.29 is 9.53 Å². The van der Waals surface area contributed by atoms with E-state index in [9.17, 15) is 4.79 Å². The van der Waals surface area contributed by atoms with Gasteiger partial charge in [-0.15, -0.1) is 10.2 Å². The monoisotopic (exact) mass is 223 g/mol. The number of aromatic amines is 1. The molecule has 2 atom stereocenters. The van der Waals surface area contributed by atoms with Crippen LogP contribution in [0.4, 0.5) is 0 Å². The molecule has 2 aliphatic rings. The van der Waals surface area contributed by atoms with Gasteiger partial charge in [0.15, 0.2) is 0 Å². The maximum absolute atomic E-state index is 11.7. The summed E-state index contributed by atoms with van der Waals surface area (Å²) in [7, 11) is 0. The van der Waals surface area contributed by atoms with E-state index in [1.165, 1.54) is 12.8 Å². The van der Waals surface area contributed by atoms with Gasteiger partial charge in [-0.3, -0.25) is 4.79 Å². The maximum Gasteiger partial charge on any atom is 0.293 e. The first kappa shape index (κ1) is 9.71. The van der Waals surface area contributed by atoms with Crippen LogP contribution in [0.25, 0.3) is 0 Å². The SMILES string of the molecule is O=C(NC1CCOC1C1CC1)c1nn[nH]n1. The number of ether oxygens (including phenoxy) is 1. The van der Waals surface area contributed by atoms with Crippen LogP contribution in [0.1, 0.15) is 29.9 Å². The van der Waals surface area contributed by atoms with E-state index in [1.807, 2.05) is 0 Å². The molecule has 0 spiro atoms. The first-order chi connectivity index (χ1) is 7.84. The third kappa shape index (κ3) is 1.78. The summed E-state index contributed by atoms with van der Waals surface area (Å²) in [4.78, 5) is 11.7. The lowest BCUT2D eigenvalue weighted by atomic mass is 10.1. The average molecular weight is 223 g/mol. The second-order valence-corrected chi connectivity index (χ2v) is 4.28. The van der Waals surface area contributed by atoms with Gasteiger partial charge in [0.1, 0.15) is 0 Å². The average Bonchev–Trinajstić information content (AvgIpc) is 2.83. The van der Waals surface area contributed by atoms with Gasteiger partial charge in [-0.25, -0.2) is 0 Å². The third-order valence-corrected chi connectivity index (χ3v) is 3.09. The zero-order valence-corrected chi connectivity index (χ0v) is 8.72. The minimum absolute atomic E-state index is 0.0847. The molecule has 0 aromatic carbocycles. The Kier molecular flexibility index (Phi) is 2.32. The van der Waals surface area contributed by atoms with Crippen molar-refractivity contribution >= 4 is 5.91 Å². The van der Waals surface area contributed by atoms with Crippen LogP contribution in [0, 0.1) is 5.92 Å². The number of rotatable bonds is 3. The van der Waals surface area contributed by atoms with Crippen LogP contribution in [0.2, 0.25) is 0 Å². The molecule has 2 unspecified atom stereocenters. The molecule has 1 amide bonds. The van der Waals surface area contributed by atoms with E-state index in [4.69, 9.17) is 4.74 Å². The van der Waals surface area contributed by atoms with Gasteiger partial charge in [-0.05, 0) is 30.4 Å². The summed E-state index contributed by atoms with van der Waals surface area (Å²) < 4.78 is 5.63. The Labute approximate surface area is 91.9 Å². The zero-order chi connectivity index (χ0) is 11.0. The number of carbonyl (C=O) groups excluding carboxylic acids is 1. The van der Waals surface area contributed by atoms with Gasteiger partial charge in [-0.1, -0.05) is 0 Å². The molecule has 7 nitrogen and oxygen atoms in total. The highest BCUT2D eigenvalue weighted by Crippen LogP contribution is 2.38. The number of nitrogens with one attached hydrogen (secondary N) is 2. The van der Waals surface area contributed by atoms with E-state index < -0.39 is 0 Å². The molecule has 2 heterocycles. The van der Waals surface area contributed by atoms with Gasteiger partial charge in [0, 0.05) is 6.61 Å². The fraction of sp³-hybridized carbons (Fsp3) is 0.778. The normalized spacial score (nSPS) is 29.2. The predicted molar refractivity (Wildman–Crippen MR) is 52.5 cm³/mol. The van der Waals surface area contributed by atoms with Crippen LogP contribution in [0.3, 0.4) is 0 Å². The van der Waals surface area contributed by atoms with Crippen molar-refractivity contribution in [2.24, 2.45) is 5.92 Å². The fourth-order valence-electron chi connectivity index (χ4n) is 2.15. The van der Waals surface area contributed by atoms with Gasteiger partial charge in [0.25, 0.3) is 11.7 Å². The Morgan fingerprint density at radius 1 is 1.44 bits per heavy atom. The Morgan fingerprint density at radius 3 is 3.00 bits per heavy atom. The van der Waals surface area contributed by atoms with Crippen molar-refractivity contribution in [2.75, 3.05) is 6.61 Å². The number of H-pyrrole nitrogens is 1. The number of carbonyl (C=O) groups is 1. The molecule has 0 bridgehead atoms. The van der Waals surface area contributed by atoms with Crippen LogP contribution in [-0.2, 0) is 4.74 Å². The van der Waals surface area contributed by atoms with Gasteiger partial charge in [-0.2, -0.15) is 5.21 Å². The zero-order valence-electron chi connectivity index (χ0n) is 8.72. The summed E-state index contributed by atoms with van der Waals surface area (Å²) in [6.07, 6.45) is 3.46. The largest absolute Gasteiger partial charge is 0.376 e. The van der Waals surface area contributed by atoms with Crippen LogP contribution in [-0.4, -0.2) is 45.3 Å². The summed E-state index contributed by atoms with van der Waals surface area (Å²) in [6, 6.07) is 0.0958.